The zero-order valence-electron chi connectivity index (χ0n) is 13.7. The van der Waals surface area contributed by atoms with E-state index >= 15 is 0 Å². The third kappa shape index (κ3) is 3.22. The van der Waals surface area contributed by atoms with Crippen LogP contribution in [-0.4, -0.2) is 33.0 Å². The standard InChI is InChI=1S/C19H16N4O2S/c24-11-15(12-5-2-1-3-6-12)22-19-23-18(25)16(26-19)9-13-10-21-17-14(13)7-4-8-20-17/h1-10,15,24-25H,11H2,(H,22,23)/b13-9+/t15-/m0/s1. The van der Waals surface area contributed by atoms with Crippen molar-refractivity contribution in [1.29, 1.82) is 0 Å². The minimum Gasteiger partial charge on any atom is -0.492 e. The largest absolute Gasteiger partial charge is 0.492 e. The number of anilines is 1. The van der Waals surface area contributed by atoms with Gasteiger partial charge in [0, 0.05) is 23.5 Å². The smallest absolute Gasteiger partial charge is 0.231 e. The molecule has 3 heterocycles. The average Bonchev–Trinajstić information content (AvgIpc) is 3.24. The molecule has 0 fully saturated rings. The Hall–Kier alpha value is -3.03. The van der Waals surface area contributed by atoms with Crippen molar-refractivity contribution in [3.8, 4) is 5.88 Å². The monoisotopic (exact) mass is 364 g/mol. The maximum atomic E-state index is 10.2. The van der Waals surface area contributed by atoms with Gasteiger partial charge in [-0.3, -0.25) is 0 Å². The summed E-state index contributed by atoms with van der Waals surface area (Å²) in [5.41, 5.74) is 2.75. The molecule has 26 heavy (non-hydrogen) atoms. The van der Waals surface area contributed by atoms with E-state index < -0.39 is 0 Å². The van der Waals surface area contributed by atoms with Crippen LogP contribution < -0.4 is 5.32 Å². The number of aromatic hydroxyl groups is 1. The number of benzene rings is 1. The van der Waals surface area contributed by atoms with Gasteiger partial charge in [-0.05, 0) is 23.8 Å². The van der Waals surface area contributed by atoms with E-state index in [2.05, 4.69) is 20.3 Å². The third-order valence-corrected chi connectivity index (χ3v) is 4.95. The molecule has 0 amide bonds. The molecule has 1 aliphatic heterocycles. The summed E-state index contributed by atoms with van der Waals surface area (Å²) in [6, 6.07) is 13.1. The second-order valence-electron chi connectivity index (χ2n) is 5.73. The number of rotatable bonds is 5. The summed E-state index contributed by atoms with van der Waals surface area (Å²) in [5, 5.41) is 23.6. The first-order valence-electron chi connectivity index (χ1n) is 8.08. The van der Waals surface area contributed by atoms with Gasteiger partial charge in [-0.2, -0.15) is 4.98 Å². The van der Waals surface area contributed by atoms with Gasteiger partial charge in [0.1, 0.15) is 0 Å². The summed E-state index contributed by atoms with van der Waals surface area (Å²) in [5.74, 6) is 0.617. The first kappa shape index (κ1) is 16.4. The van der Waals surface area contributed by atoms with Crippen molar-refractivity contribution in [3.05, 3.63) is 64.7 Å². The fraction of sp³-hybridized carbons (Fsp3) is 0.105. The highest BCUT2D eigenvalue weighted by atomic mass is 32.1. The van der Waals surface area contributed by atoms with Crippen LogP contribution in [0.15, 0.2) is 53.7 Å². The zero-order valence-corrected chi connectivity index (χ0v) is 14.5. The Morgan fingerprint density at radius 3 is 2.81 bits per heavy atom. The molecule has 0 spiro atoms. The van der Waals surface area contributed by atoms with E-state index in [0.717, 1.165) is 16.7 Å². The van der Waals surface area contributed by atoms with Gasteiger partial charge in [0.2, 0.25) is 5.88 Å². The number of hydrogen-bond donors (Lipinski definition) is 3. The first-order valence-corrected chi connectivity index (χ1v) is 8.89. The van der Waals surface area contributed by atoms with Crippen LogP contribution >= 0.6 is 11.3 Å². The SMILES string of the molecule is OC[C@H](Nc1nc(O)c(/C=C2\C=Nc3ncccc32)s1)c1ccccc1. The highest BCUT2D eigenvalue weighted by molar-refractivity contribution is 7.16. The minimum absolute atomic E-state index is 0.0551. The van der Waals surface area contributed by atoms with Crippen LogP contribution in [0.4, 0.5) is 10.9 Å². The van der Waals surface area contributed by atoms with Crippen LogP contribution in [0.3, 0.4) is 0 Å². The Morgan fingerprint density at radius 1 is 1.15 bits per heavy atom. The van der Waals surface area contributed by atoms with Gasteiger partial charge in [0.15, 0.2) is 10.9 Å². The summed E-state index contributed by atoms with van der Waals surface area (Å²) >= 11 is 1.32. The molecule has 0 radical (unpaired) electrons. The molecule has 0 saturated heterocycles. The Kier molecular flexibility index (Phi) is 4.47. The number of hydrogen-bond acceptors (Lipinski definition) is 7. The van der Waals surface area contributed by atoms with Crippen molar-refractivity contribution in [2.75, 3.05) is 11.9 Å². The number of thiazole rings is 1. The Balaban J connectivity index is 1.59. The summed E-state index contributed by atoms with van der Waals surface area (Å²) in [6.45, 7) is -0.0769. The third-order valence-electron chi connectivity index (χ3n) is 4.03. The lowest BCUT2D eigenvalue weighted by Gasteiger charge is -2.15. The lowest BCUT2D eigenvalue weighted by molar-refractivity contribution is 0.276. The summed E-state index contributed by atoms with van der Waals surface area (Å²) < 4.78 is 0. The topological polar surface area (TPSA) is 90.6 Å². The second kappa shape index (κ2) is 7.07. The van der Waals surface area contributed by atoms with E-state index in [9.17, 15) is 10.2 Å². The molecule has 4 rings (SSSR count). The molecule has 7 heteroatoms. The van der Waals surface area contributed by atoms with Crippen LogP contribution in [0.5, 0.6) is 5.88 Å². The van der Waals surface area contributed by atoms with Gasteiger partial charge in [-0.25, -0.2) is 9.98 Å². The van der Waals surface area contributed by atoms with Crippen LogP contribution in [0, 0.1) is 0 Å². The van der Waals surface area contributed by atoms with Crippen molar-refractivity contribution in [2.45, 2.75) is 6.04 Å². The number of aliphatic imine (C=N–C) groups is 1. The lowest BCUT2D eigenvalue weighted by Crippen LogP contribution is -2.14. The summed E-state index contributed by atoms with van der Waals surface area (Å²) in [4.78, 5) is 13.3. The molecule has 0 aliphatic carbocycles. The molecule has 6 nitrogen and oxygen atoms in total. The summed E-state index contributed by atoms with van der Waals surface area (Å²) in [7, 11) is 0. The number of pyridine rings is 1. The molecule has 1 aliphatic rings. The van der Waals surface area contributed by atoms with Gasteiger partial charge in [-0.1, -0.05) is 41.7 Å². The van der Waals surface area contributed by atoms with Crippen LogP contribution in [0.2, 0.25) is 0 Å². The fourth-order valence-corrected chi connectivity index (χ4v) is 3.59. The lowest BCUT2D eigenvalue weighted by atomic mass is 10.1. The molecule has 2 aromatic heterocycles. The molecular weight excluding hydrogens is 348 g/mol. The highest BCUT2D eigenvalue weighted by Gasteiger charge is 2.17. The van der Waals surface area contributed by atoms with Crippen LogP contribution in [0.1, 0.15) is 22.0 Å². The van der Waals surface area contributed by atoms with Gasteiger partial charge < -0.3 is 15.5 Å². The molecule has 3 N–H and O–H groups in total. The molecule has 0 saturated carbocycles. The van der Waals surface area contributed by atoms with Crippen LogP contribution in [-0.2, 0) is 0 Å². The Labute approximate surface area is 154 Å². The van der Waals surface area contributed by atoms with Crippen molar-refractivity contribution in [1.82, 2.24) is 9.97 Å². The molecule has 0 unspecified atom stereocenters. The number of aliphatic hydroxyl groups excluding tert-OH is 1. The fourth-order valence-electron chi connectivity index (χ4n) is 2.73. The normalized spacial score (nSPS) is 15.2. The van der Waals surface area contributed by atoms with E-state index in [1.165, 1.54) is 11.3 Å². The number of nitrogens with zero attached hydrogens (tertiary/aromatic N) is 3. The van der Waals surface area contributed by atoms with E-state index in [1.54, 1.807) is 12.4 Å². The van der Waals surface area contributed by atoms with E-state index in [1.807, 2.05) is 48.5 Å². The number of allylic oxidation sites excluding steroid dienone is 1. The number of aliphatic hydroxyl groups is 1. The second-order valence-corrected chi connectivity index (χ2v) is 6.76. The molecule has 0 bridgehead atoms. The molecule has 1 atom stereocenters. The quantitative estimate of drug-likeness (QED) is 0.643. The van der Waals surface area contributed by atoms with Gasteiger partial charge >= 0.3 is 0 Å². The average molecular weight is 364 g/mol. The molecular formula is C19H16N4O2S. The van der Waals surface area contributed by atoms with E-state index in [-0.39, 0.29) is 18.5 Å². The predicted octanol–water partition coefficient (Wildman–Crippen LogP) is 3.65. The number of aromatic nitrogens is 2. The summed E-state index contributed by atoms with van der Waals surface area (Å²) in [6.07, 6.45) is 5.26. The van der Waals surface area contributed by atoms with E-state index in [0.29, 0.717) is 15.8 Å². The predicted molar refractivity (Wildman–Crippen MR) is 104 cm³/mol. The minimum atomic E-state index is -0.291. The van der Waals surface area contributed by atoms with Gasteiger partial charge in [-0.15, -0.1) is 0 Å². The van der Waals surface area contributed by atoms with E-state index in [4.69, 9.17) is 0 Å². The maximum Gasteiger partial charge on any atom is 0.231 e. The zero-order chi connectivity index (χ0) is 17.9. The molecule has 3 aromatic rings. The van der Waals surface area contributed by atoms with Crippen molar-refractivity contribution >= 4 is 40.1 Å². The van der Waals surface area contributed by atoms with Gasteiger partial charge in [0.05, 0.1) is 17.5 Å². The van der Waals surface area contributed by atoms with Crippen LogP contribution in [0.25, 0.3) is 11.6 Å². The molecule has 1 aromatic carbocycles. The van der Waals surface area contributed by atoms with Crippen molar-refractivity contribution < 1.29 is 10.2 Å². The number of fused-ring (bicyclic) bond motifs is 1. The van der Waals surface area contributed by atoms with Crippen molar-refractivity contribution in [2.24, 2.45) is 4.99 Å². The molecule has 130 valence electrons. The Morgan fingerprint density at radius 2 is 2.00 bits per heavy atom. The van der Waals surface area contributed by atoms with Crippen molar-refractivity contribution in [3.63, 3.8) is 0 Å². The maximum absolute atomic E-state index is 10.2. The Bertz CT molecular complexity index is 982. The van der Waals surface area contributed by atoms with Gasteiger partial charge in [0.25, 0.3) is 0 Å². The highest BCUT2D eigenvalue weighted by Crippen LogP contribution is 2.36. The number of nitrogens with one attached hydrogen (secondary N) is 1. The first-order chi connectivity index (χ1) is 12.7.